The van der Waals surface area contributed by atoms with E-state index < -0.39 is 0 Å². The van der Waals surface area contributed by atoms with E-state index in [1.165, 1.54) is 0 Å². The van der Waals surface area contributed by atoms with Gasteiger partial charge in [-0.1, -0.05) is 11.2 Å². The molecule has 0 aromatic carbocycles. The molecule has 0 saturated heterocycles. The Bertz CT molecular complexity index is 599. The number of guanidine groups is 1. The number of pyridine rings is 1. The molecule has 0 aliphatic rings. The van der Waals surface area contributed by atoms with Crippen molar-refractivity contribution in [1.82, 2.24) is 25.8 Å². The molecule has 2 rings (SSSR count). The van der Waals surface area contributed by atoms with E-state index >= 15 is 0 Å². The smallest absolute Gasteiger partial charge is 0.276 e. The molecule has 0 radical (unpaired) electrons. The number of hydrogen-bond acceptors (Lipinski definition) is 5. The van der Waals surface area contributed by atoms with Crippen LogP contribution in [0.5, 0.6) is 0 Å². The maximum atomic E-state index is 5.22. The number of nitrogens with zero attached hydrogens (tertiary/aromatic N) is 4. The van der Waals surface area contributed by atoms with Crippen LogP contribution in [0.3, 0.4) is 0 Å². The average Bonchev–Trinajstić information content (AvgIpc) is 2.97. The fourth-order valence-electron chi connectivity index (χ4n) is 1.81. The predicted molar refractivity (Wildman–Crippen MR) is 101 cm³/mol. The van der Waals surface area contributed by atoms with E-state index in [4.69, 9.17) is 4.52 Å². The molecule has 2 heterocycles. The summed E-state index contributed by atoms with van der Waals surface area (Å²) in [6.07, 6.45) is 2.31. The van der Waals surface area contributed by atoms with Crippen LogP contribution in [0.4, 0.5) is 0 Å². The third kappa shape index (κ3) is 6.51. The van der Waals surface area contributed by atoms with E-state index in [9.17, 15) is 0 Å². The van der Waals surface area contributed by atoms with Gasteiger partial charge in [0.05, 0.1) is 0 Å². The van der Waals surface area contributed by atoms with Gasteiger partial charge in [-0.3, -0.25) is 9.98 Å². The molecule has 23 heavy (non-hydrogen) atoms. The van der Waals surface area contributed by atoms with Crippen molar-refractivity contribution in [2.45, 2.75) is 33.2 Å². The largest absolute Gasteiger partial charge is 0.357 e. The van der Waals surface area contributed by atoms with Gasteiger partial charge < -0.3 is 15.2 Å². The molecule has 0 aliphatic heterocycles. The zero-order chi connectivity index (χ0) is 15.8. The molecule has 126 valence electrons. The van der Waals surface area contributed by atoms with Crippen molar-refractivity contribution in [3.8, 4) is 11.6 Å². The second-order valence-corrected chi connectivity index (χ2v) is 5.04. The first-order valence-corrected chi connectivity index (χ1v) is 7.48. The lowest BCUT2D eigenvalue weighted by Gasteiger charge is -2.13. The topological polar surface area (TPSA) is 88.2 Å². The third-order valence-electron chi connectivity index (χ3n) is 2.73. The molecule has 2 N–H and O–H groups in total. The van der Waals surface area contributed by atoms with Crippen LogP contribution in [0.25, 0.3) is 11.6 Å². The molecule has 8 heteroatoms. The summed E-state index contributed by atoms with van der Waals surface area (Å²) in [6, 6.07) is 5.90. The molecule has 0 atom stereocenters. The van der Waals surface area contributed by atoms with Gasteiger partial charge in [-0.2, -0.15) is 4.98 Å². The lowest BCUT2D eigenvalue weighted by Crippen LogP contribution is -2.41. The Morgan fingerprint density at radius 3 is 2.83 bits per heavy atom. The van der Waals surface area contributed by atoms with Gasteiger partial charge in [-0.05, 0) is 32.9 Å². The highest BCUT2D eigenvalue weighted by Gasteiger charge is 2.09. The van der Waals surface area contributed by atoms with Crippen molar-refractivity contribution in [1.29, 1.82) is 0 Å². The van der Waals surface area contributed by atoms with Gasteiger partial charge in [-0.15, -0.1) is 24.0 Å². The average molecular weight is 430 g/mol. The van der Waals surface area contributed by atoms with Crippen LogP contribution in [-0.2, 0) is 6.42 Å². The van der Waals surface area contributed by atoms with E-state index in [-0.39, 0.29) is 24.0 Å². The maximum absolute atomic E-state index is 5.22. The summed E-state index contributed by atoms with van der Waals surface area (Å²) in [5.41, 5.74) is 0.680. The fourth-order valence-corrected chi connectivity index (χ4v) is 1.81. The first-order chi connectivity index (χ1) is 10.7. The molecular formula is C15H23IN6O. The van der Waals surface area contributed by atoms with Crippen molar-refractivity contribution >= 4 is 29.9 Å². The van der Waals surface area contributed by atoms with Crippen LogP contribution in [0.15, 0.2) is 33.9 Å². The zero-order valence-corrected chi connectivity index (χ0v) is 15.9. The van der Waals surface area contributed by atoms with Crippen molar-refractivity contribution in [2.24, 2.45) is 4.99 Å². The second-order valence-electron chi connectivity index (χ2n) is 5.04. The predicted octanol–water partition coefficient (Wildman–Crippen LogP) is 2.26. The SMILES string of the molecule is CCNC(=NCCc1noc(-c2ccccn2)n1)NC(C)C.I. The highest BCUT2D eigenvalue weighted by atomic mass is 127. The highest BCUT2D eigenvalue weighted by molar-refractivity contribution is 14.0. The van der Waals surface area contributed by atoms with Gasteiger partial charge in [0, 0.05) is 31.7 Å². The van der Waals surface area contributed by atoms with E-state index in [1.807, 2.05) is 25.1 Å². The van der Waals surface area contributed by atoms with Crippen LogP contribution in [0, 0.1) is 0 Å². The zero-order valence-electron chi connectivity index (χ0n) is 13.6. The summed E-state index contributed by atoms with van der Waals surface area (Å²) in [4.78, 5) is 13.0. The molecule has 0 unspecified atom stereocenters. The van der Waals surface area contributed by atoms with E-state index in [2.05, 4.69) is 44.6 Å². The highest BCUT2D eigenvalue weighted by Crippen LogP contribution is 2.13. The quantitative estimate of drug-likeness (QED) is 0.415. The van der Waals surface area contributed by atoms with Crippen LogP contribution < -0.4 is 10.6 Å². The molecule has 0 spiro atoms. The summed E-state index contributed by atoms with van der Waals surface area (Å²) in [7, 11) is 0. The van der Waals surface area contributed by atoms with Crippen LogP contribution in [0.1, 0.15) is 26.6 Å². The first kappa shape index (κ1) is 19.3. The maximum Gasteiger partial charge on any atom is 0.276 e. The molecule has 2 aromatic rings. The Morgan fingerprint density at radius 1 is 1.35 bits per heavy atom. The van der Waals surface area contributed by atoms with Crippen molar-refractivity contribution in [3.63, 3.8) is 0 Å². The number of rotatable bonds is 6. The van der Waals surface area contributed by atoms with Gasteiger partial charge >= 0.3 is 0 Å². The monoisotopic (exact) mass is 430 g/mol. The number of nitrogens with one attached hydrogen (secondary N) is 2. The van der Waals surface area contributed by atoms with Gasteiger partial charge in [0.2, 0.25) is 0 Å². The molecule has 0 bridgehead atoms. The van der Waals surface area contributed by atoms with Crippen LogP contribution >= 0.6 is 24.0 Å². The summed E-state index contributed by atoms with van der Waals surface area (Å²) in [5, 5.41) is 10.4. The lowest BCUT2D eigenvalue weighted by molar-refractivity contribution is 0.421. The summed E-state index contributed by atoms with van der Waals surface area (Å²) in [6.45, 7) is 7.60. The normalized spacial score (nSPS) is 11.2. The molecule has 0 amide bonds. The number of hydrogen-bond donors (Lipinski definition) is 2. The summed E-state index contributed by atoms with van der Waals surface area (Å²) < 4.78 is 5.22. The van der Waals surface area contributed by atoms with Crippen molar-refractivity contribution in [2.75, 3.05) is 13.1 Å². The number of aliphatic imine (C=N–C) groups is 1. The Morgan fingerprint density at radius 2 is 2.17 bits per heavy atom. The standard InChI is InChI=1S/C15H22N6O.HI/c1-4-16-15(19-11(2)3)18-10-8-13-20-14(22-21-13)12-7-5-6-9-17-12;/h5-7,9,11H,4,8,10H2,1-3H3,(H2,16,18,19);1H. The molecular weight excluding hydrogens is 407 g/mol. The Balaban J connectivity index is 0.00000264. The first-order valence-electron chi connectivity index (χ1n) is 7.48. The van der Waals surface area contributed by atoms with Crippen LogP contribution in [0.2, 0.25) is 0 Å². The third-order valence-corrected chi connectivity index (χ3v) is 2.73. The summed E-state index contributed by atoms with van der Waals surface area (Å²) in [5.74, 6) is 1.86. The lowest BCUT2D eigenvalue weighted by atomic mass is 10.3. The molecule has 0 saturated carbocycles. The van der Waals surface area contributed by atoms with E-state index in [0.717, 1.165) is 12.5 Å². The van der Waals surface area contributed by atoms with E-state index in [0.29, 0.717) is 36.4 Å². The van der Waals surface area contributed by atoms with Gasteiger partial charge in [0.15, 0.2) is 11.8 Å². The molecule has 7 nitrogen and oxygen atoms in total. The fraction of sp³-hybridized carbons (Fsp3) is 0.467. The van der Waals surface area contributed by atoms with E-state index in [1.54, 1.807) is 6.20 Å². The molecule has 2 aromatic heterocycles. The minimum Gasteiger partial charge on any atom is -0.357 e. The summed E-state index contributed by atoms with van der Waals surface area (Å²) >= 11 is 0. The molecule has 0 fully saturated rings. The van der Waals surface area contributed by atoms with Gasteiger partial charge in [-0.25, -0.2) is 0 Å². The minimum atomic E-state index is 0. The Kier molecular flexibility index (Phi) is 8.52. The Labute approximate surface area is 153 Å². The number of aromatic nitrogens is 3. The minimum absolute atomic E-state index is 0. The van der Waals surface area contributed by atoms with Crippen LogP contribution in [-0.4, -0.2) is 40.2 Å². The second kappa shape index (κ2) is 10.1. The Hall–Kier alpha value is -1.71. The molecule has 0 aliphatic carbocycles. The number of halogens is 1. The van der Waals surface area contributed by atoms with Crippen molar-refractivity contribution in [3.05, 3.63) is 30.2 Å². The van der Waals surface area contributed by atoms with Gasteiger partial charge in [0.1, 0.15) is 5.69 Å². The van der Waals surface area contributed by atoms with Gasteiger partial charge in [0.25, 0.3) is 5.89 Å². The van der Waals surface area contributed by atoms with Crippen molar-refractivity contribution < 1.29 is 4.52 Å².